The van der Waals surface area contributed by atoms with Crippen LogP contribution in [0, 0.1) is 0 Å². The van der Waals surface area contributed by atoms with Gasteiger partial charge in [0.25, 0.3) is 0 Å². The molecule has 0 bridgehead atoms. The molecule has 1 aromatic heterocycles. The highest BCUT2D eigenvalue weighted by Gasteiger charge is 2.28. The average Bonchev–Trinajstić information content (AvgIpc) is 2.83. The van der Waals surface area contributed by atoms with Gasteiger partial charge >= 0.3 is 5.97 Å². The Balaban J connectivity index is 2.13. The van der Waals surface area contributed by atoms with Gasteiger partial charge in [-0.05, 0) is 19.3 Å². The van der Waals surface area contributed by atoms with E-state index in [-0.39, 0.29) is 0 Å². The zero-order chi connectivity index (χ0) is 12.5. The summed E-state index contributed by atoms with van der Waals surface area (Å²) >= 11 is 0. The van der Waals surface area contributed by atoms with E-state index in [0.29, 0.717) is 6.42 Å². The Labute approximate surface area is 105 Å². The summed E-state index contributed by atoms with van der Waals surface area (Å²) in [5, 5.41) is 9.33. The van der Waals surface area contributed by atoms with Crippen molar-refractivity contribution in [3.63, 3.8) is 0 Å². The van der Waals surface area contributed by atoms with Crippen LogP contribution in [0.2, 0.25) is 0 Å². The highest BCUT2D eigenvalue weighted by atomic mass is 16.4. The van der Waals surface area contributed by atoms with Crippen LogP contribution in [0.25, 0.3) is 11.4 Å². The Morgan fingerprint density at radius 2 is 2.11 bits per heavy atom. The number of hydrogen-bond acceptors (Lipinski definition) is 2. The second-order valence-electron chi connectivity index (χ2n) is 4.56. The lowest BCUT2D eigenvalue weighted by atomic mass is 10.0. The lowest BCUT2D eigenvalue weighted by molar-refractivity contribution is -0.141. The fourth-order valence-corrected chi connectivity index (χ4v) is 2.57. The van der Waals surface area contributed by atoms with Gasteiger partial charge in [0.2, 0.25) is 0 Å². The van der Waals surface area contributed by atoms with Gasteiger partial charge < -0.3 is 9.67 Å². The summed E-state index contributed by atoms with van der Waals surface area (Å²) in [5.74, 6) is -0.0103. The first-order valence-electron chi connectivity index (χ1n) is 6.11. The van der Waals surface area contributed by atoms with Crippen LogP contribution in [0.3, 0.4) is 0 Å². The summed E-state index contributed by atoms with van der Waals surface area (Å²) in [7, 11) is 0. The van der Waals surface area contributed by atoms with E-state index in [0.717, 1.165) is 29.9 Å². The third kappa shape index (κ3) is 1.70. The van der Waals surface area contributed by atoms with Crippen LogP contribution < -0.4 is 0 Å². The van der Waals surface area contributed by atoms with E-state index in [9.17, 15) is 9.90 Å². The number of hydrogen-bond donors (Lipinski definition) is 1. The van der Waals surface area contributed by atoms with Crippen molar-refractivity contribution in [2.75, 3.05) is 0 Å². The highest BCUT2D eigenvalue weighted by Crippen LogP contribution is 2.31. The van der Waals surface area contributed by atoms with Crippen molar-refractivity contribution < 1.29 is 9.90 Å². The SMILES string of the molecule is O=C(O)C1CCCc2cnc(-c3ccccc3)n21. The molecule has 0 saturated carbocycles. The number of aromatic nitrogens is 2. The summed E-state index contributed by atoms with van der Waals surface area (Å²) in [4.78, 5) is 15.8. The first kappa shape index (κ1) is 11.0. The van der Waals surface area contributed by atoms with Crippen LogP contribution in [-0.4, -0.2) is 20.6 Å². The van der Waals surface area contributed by atoms with Crippen molar-refractivity contribution in [1.29, 1.82) is 0 Å². The lowest BCUT2D eigenvalue weighted by Gasteiger charge is -2.24. The van der Waals surface area contributed by atoms with Crippen molar-refractivity contribution in [3.8, 4) is 11.4 Å². The zero-order valence-electron chi connectivity index (χ0n) is 9.91. The summed E-state index contributed by atoms with van der Waals surface area (Å²) in [6, 6.07) is 9.27. The molecular formula is C14H14N2O2. The number of benzene rings is 1. The van der Waals surface area contributed by atoms with Gasteiger partial charge in [-0.15, -0.1) is 0 Å². The molecule has 0 fully saturated rings. The van der Waals surface area contributed by atoms with Crippen LogP contribution in [-0.2, 0) is 11.2 Å². The second kappa shape index (κ2) is 4.29. The number of aliphatic carboxylic acids is 1. The Hall–Kier alpha value is -2.10. The van der Waals surface area contributed by atoms with Gasteiger partial charge in [0.15, 0.2) is 0 Å². The van der Waals surface area contributed by atoms with Gasteiger partial charge in [0, 0.05) is 17.5 Å². The van der Waals surface area contributed by atoms with E-state index in [1.165, 1.54) is 0 Å². The molecule has 4 nitrogen and oxygen atoms in total. The van der Waals surface area contributed by atoms with Gasteiger partial charge in [0.05, 0.1) is 0 Å². The second-order valence-corrected chi connectivity index (χ2v) is 4.56. The van der Waals surface area contributed by atoms with E-state index < -0.39 is 12.0 Å². The topological polar surface area (TPSA) is 55.1 Å². The van der Waals surface area contributed by atoms with E-state index >= 15 is 0 Å². The quantitative estimate of drug-likeness (QED) is 0.880. The molecule has 1 aliphatic rings. The van der Waals surface area contributed by atoms with E-state index in [4.69, 9.17) is 0 Å². The Morgan fingerprint density at radius 1 is 1.33 bits per heavy atom. The van der Waals surface area contributed by atoms with Gasteiger partial charge in [-0.1, -0.05) is 30.3 Å². The minimum absolute atomic E-state index is 0.480. The monoisotopic (exact) mass is 242 g/mol. The molecule has 1 atom stereocenters. The van der Waals surface area contributed by atoms with Crippen molar-refractivity contribution >= 4 is 5.97 Å². The fourth-order valence-electron chi connectivity index (χ4n) is 2.57. The molecule has 1 aliphatic heterocycles. The van der Waals surface area contributed by atoms with Crippen molar-refractivity contribution in [2.24, 2.45) is 0 Å². The molecule has 1 aromatic carbocycles. The number of nitrogens with zero attached hydrogens (tertiary/aromatic N) is 2. The predicted molar refractivity (Wildman–Crippen MR) is 67.3 cm³/mol. The van der Waals surface area contributed by atoms with Crippen LogP contribution in [0.4, 0.5) is 0 Å². The molecule has 0 spiro atoms. The van der Waals surface area contributed by atoms with Crippen LogP contribution in [0.5, 0.6) is 0 Å². The molecular weight excluding hydrogens is 228 g/mol. The number of carboxylic acids is 1. The molecule has 2 aromatic rings. The number of carbonyl (C=O) groups is 1. The third-order valence-electron chi connectivity index (χ3n) is 3.41. The maximum absolute atomic E-state index is 11.3. The van der Waals surface area contributed by atoms with Gasteiger partial charge in [-0.25, -0.2) is 9.78 Å². The summed E-state index contributed by atoms with van der Waals surface area (Å²) in [5.41, 5.74) is 1.99. The van der Waals surface area contributed by atoms with Crippen LogP contribution in [0.15, 0.2) is 36.5 Å². The number of carboxylic acid groups (broad SMARTS) is 1. The normalized spacial score (nSPS) is 18.3. The first-order chi connectivity index (χ1) is 8.77. The molecule has 2 heterocycles. The molecule has 1 N–H and O–H groups in total. The lowest BCUT2D eigenvalue weighted by Crippen LogP contribution is -2.25. The average molecular weight is 242 g/mol. The molecule has 0 amide bonds. The maximum atomic E-state index is 11.3. The van der Waals surface area contributed by atoms with Crippen molar-refractivity contribution in [2.45, 2.75) is 25.3 Å². The van der Waals surface area contributed by atoms with Crippen molar-refractivity contribution in [1.82, 2.24) is 9.55 Å². The predicted octanol–water partition coefficient (Wildman–Crippen LogP) is 2.51. The minimum atomic E-state index is -0.772. The summed E-state index contributed by atoms with van der Waals surface area (Å²) in [6.45, 7) is 0. The van der Waals surface area contributed by atoms with Gasteiger partial charge in [-0.3, -0.25) is 0 Å². The number of fused-ring (bicyclic) bond motifs is 1. The minimum Gasteiger partial charge on any atom is -0.480 e. The molecule has 1 unspecified atom stereocenters. The standard InChI is InChI=1S/C14H14N2O2/c17-14(18)12-8-4-7-11-9-15-13(16(11)12)10-5-2-1-3-6-10/h1-3,5-6,9,12H,4,7-8H2,(H,17,18). The van der Waals surface area contributed by atoms with Gasteiger partial charge in [-0.2, -0.15) is 0 Å². The molecule has 3 rings (SSSR count). The van der Waals surface area contributed by atoms with E-state index in [1.54, 1.807) is 6.20 Å². The number of aryl methyl sites for hydroxylation is 1. The Kier molecular flexibility index (Phi) is 2.63. The molecule has 0 aliphatic carbocycles. The largest absolute Gasteiger partial charge is 0.480 e. The smallest absolute Gasteiger partial charge is 0.326 e. The zero-order valence-corrected chi connectivity index (χ0v) is 9.91. The number of rotatable bonds is 2. The van der Waals surface area contributed by atoms with E-state index in [1.807, 2.05) is 34.9 Å². The first-order valence-corrected chi connectivity index (χ1v) is 6.11. The Bertz CT molecular complexity index is 575. The molecule has 0 saturated heterocycles. The van der Waals surface area contributed by atoms with E-state index in [2.05, 4.69) is 4.98 Å². The molecule has 92 valence electrons. The molecule has 4 heteroatoms. The fraction of sp³-hybridized carbons (Fsp3) is 0.286. The summed E-state index contributed by atoms with van der Waals surface area (Å²) < 4.78 is 1.88. The molecule has 18 heavy (non-hydrogen) atoms. The molecule has 0 radical (unpaired) electrons. The summed E-state index contributed by atoms with van der Waals surface area (Å²) in [6.07, 6.45) is 4.30. The Morgan fingerprint density at radius 3 is 2.83 bits per heavy atom. The van der Waals surface area contributed by atoms with Crippen LogP contribution >= 0.6 is 0 Å². The maximum Gasteiger partial charge on any atom is 0.326 e. The van der Waals surface area contributed by atoms with Crippen LogP contribution in [0.1, 0.15) is 24.6 Å². The van der Waals surface area contributed by atoms with Crippen molar-refractivity contribution in [3.05, 3.63) is 42.2 Å². The van der Waals surface area contributed by atoms with Gasteiger partial charge in [0.1, 0.15) is 11.9 Å². The highest BCUT2D eigenvalue weighted by molar-refractivity contribution is 5.73. The number of imidazole rings is 1. The third-order valence-corrected chi connectivity index (χ3v) is 3.41.